The third-order valence-electron chi connectivity index (χ3n) is 3.34. The molecule has 0 bridgehead atoms. The number of aromatic amines is 2. The largest absolute Gasteiger partial charge is 0.339 e. The van der Waals surface area contributed by atoms with Gasteiger partial charge in [-0.1, -0.05) is 0 Å². The third-order valence-corrected chi connectivity index (χ3v) is 3.34. The summed E-state index contributed by atoms with van der Waals surface area (Å²) in [6.45, 7) is 0. The molecular formula is C15H10N4O. The highest BCUT2D eigenvalue weighted by atomic mass is 16.1. The maximum Gasteiger partial charge on any atom is 0.247 e. The SMILES string of the molecule is O=c1ccc(-c2ccc3c(n2)[nH]c2ccncc23)c[nH]1. The van der Waals surface area contributed by atoms with Gasteiger partial charge in [0.15, 0.2) is 0 Å². The van der Waals surface area contributed by atoms with E-state index in [1.807, 2.05) is 24.4 Å². The van der Waals surface area contributed by atoms with Gasteiger partial charge >= 0.3 is 0 Å². The molecular weight excluding hydrogens is 252 g/mol. The normalized spacial score (nSPS) is 11.2. The van der Waals surface area contributed by atoms with Crippen LogP contribution in [0.25, 0.3) is 33.2 Å². The first-order valence-corrected chi connectivity index (χ1v) is 6.23. The summed E-state index contributed by atoms with van der Waals surface area (Å²) >= 11 is 0. The minimum atomic E-state index is -0.119. The Bertz CT molecular complexity index is 963. The number of fused-ring (bicyclic) bond motifs is 3. The predicted octanol–water partition coefficient (Wildman–Crippen LogP) is 2.47. The molecule has 0 aliphatic heterocycles. The van der Waals surface area contributed by atoms with Crippen LogP contribution in [0.5, 0.6) is 0 Å². The summed E-state index contributed by atoms with van der Waals surface area (Å²) in [6.07, 6.45) is 5.25. The van der Waals surface area contributed by atoms with E-state index in [1.54, 1.807) is 18.5 Å². The lowest BCUT2D eigenvalue weighted by molar-refractivity contribution is 1.23. The van der Waals surface area contributed by atoms with Crippen molar-refractivity contribution in [1.29, 1.82) is 0 Å². The van der Waals surface area contributed by atoms with Crippen LogP contribution in [0.4, 0.5) is 0 Å². The van der Waals surface area contributed by atoms with Crippen molar-refractivity contribution in [2.75, 3.05) is 0 Å². The van der Waals surface area contributed by atoms with Gasteiger partial charge in [0.2, 0.25) is 5.56 Å². The van der Waals surface area contributed by atoms with E-state index in [4.69, 9.17) is 0 Å². The van der Waals surface area contributed by atoms with Crippen molar-refractivity contribution in [2.24, 2.45) is 0 Å². The van der Waals surface area contributed by atoms with Crippen molar-refractivity contribution >= 4 is 21.9 Å². The Kier molecular flexibility index (Phi) is 2.20. The summed E-state index contributed by atoms with van der Waals surface area (Å²) in [5.41, 5.74) is 3.40. The molecule has 2 N–H and O–H groups in total. The zero-order valence-electron chi connectivity index (χ0n) is 10.4. The molecule has 0 aromatic carbocycles. The molecule has 0 atom stereocenters. The Labute approximate surface area is 113 Å². The number of nitrogens with zero attached hydrogens (tertiary/aromatic N) is 2. The lowest BCUT2D eigenvalue weighted by atomic mass is 10.1. The molecule has 5 nitrogen and oxygen atoms in total. The van der Waals surface area contributed by atoms with E-state index < -0.39 is 0 Å². The van der Waals surface area contributed by atoms with E-state index in [2.05, 4.69) is 19.9 Å². The van der Waals surface area contributed by atoms with Crippen molar-refractivity contribution in [3.05, 3.63) is 59.3 Å². The van der Waals surface area contributed by atoms with E-state index in [9.17, 15) is 4.79 Å². The molecule has 4 heterocycles. The fraction of sp³-hybridized carbons (Fsp3) is 0. The van der Waals surface area contributed by atoms with E-state index in [0.29, 0.717) is 0 Å². The van der Waals surface area contributed by atoms with Crippen molar-refractivity contribution in [2.45, 2.75) is 0 Å². The first-order chi connectivity index (χ1) is 9.81. The summed E-state index contributed by atoms with van der Waals surface area (Å²) in [5.74, 6) is 0. The number of nitrogens with one attached hydrogen (secondary N) is 2. The van der Waals surface area contributed by atoms with Crippen LogP contribution in [0.1, 0.15) is 0 Å². The number of rotatable bonds is 1. The molecule has 0 saturated carbocycles. The van der Waals surface area contributed by atoms with Crippen LogP contribution in [0.15, 0.2) is 53.7 Å². The smallest absolute Gasteiger partial charge is 0.247 e. The van der Waals surface area contributed by atoms with Crippen LogP contribution in [0.2, 0.25) is 0 Å². The van der Waals surface area contributed by atoms with Gasteiger partial charge < -0.3 is 9.97 Å². The lowest BCUT2D eigenvalue weighted by Gasteiger charge is -1.99. The molecule has 0 fully saturated rings. The van der Waals surface area contributed by atoms with Crippen molar-refractivity contribution in [3.63, 3.8) is 0 Å². The Morgan fingerprint density at radius 1 is 1.00 bits per heavy atom. The summed E-state index contributed by atoms with van der Waals surface area (Å²) in [6, 6.07) is 9.14. The van der Waals surface area contributed by atoms with Gasteiger partial charge in [0.1, 0.15) is 5.65 Å². The van der Waals surface area contributed by atoms with E-state index in [0.717, 1.165) is 33.2 Å². The lowest BCUT2D eigenvalue weighted by Crippen LogP contribution is -2.01. The molecule has 0 spiro atoms. The maximum atomic E-state index is 11.1. The molecule has 96 valence electrons. The molecule has 5 heteroatoms. The van der Waals surface area contributed by atoms with Gasteiger partial charge in [-0.2, -0.15) is 0 Å². The quantitative estimate of drug-likeness (QED) is 0.553. The topological polar surface area (TPSA) is 74.4 Å². The standard InChI is InChI=1S/C15H10N4O/c20-14-4-1-9(7-17-14)12-3-2-10-11-8-16-6-5-13(11)19-15(10)18-12/h1-8H,(H,17,20)(H,18,19). The van der Waals surface area contributed by atoms with E-state index >= 15 is 0 Å². The van der Waals surface area contributed by atoms with Gasteiger partial charge in [-0.3, -0.25) is 9.78 Å². The van der Waals surface area contributed by atoms with Crippen LogP contribution in [-0.2, 0) is 0 Å². The highest BCUT2D eigenvalue weighted by Crippen LogP contribution is 2.25. The molecule has 4 aromatic heterocycles. The van der Waals surface area contributed by atoms with Crippen LogP contribution < -0.4 is 5.56 Å². The molecule has 0 unspecified atom stereocenters. The van der Waals surface area contributed by atoms with Gasteiger partial charge in [0.25, 0.3) is 0 Å². The van der Waals surface area contributed by atoms with E-state index in [-0.39, 0.29) is 5.56 Å². The van der Waals surface area contributed by atoms with Gasteiger partial charge in [0, 0.05) is 41.0 Å². The first-order valence-electron chi connectivity index (χ1n) is 6.23. The number of hydrogen-bond acceptors (Lipinski definition) is 3. The third kappa shape index (κ3) is 1.60. The van der Waals surface area contributed by atoms with Crippen molar-refractivity contribution in [1.82, 2.24) is 19.9 Å². The summed E-state index contributed by atoms with van der Waals surface area (Å²) in [4.78, 5) is 25.8. The second-order valence-electron chi connectivity index (χ2n) is 4.58. The van der Waals surface area contributed by atoms with Crippen LogP contribution >= 0.6 is 0 Å². The molecule has 0 aliphatic rings. The van der Waals surface area contributed by atoms with Gasteiger partial charge in [-0.05, 0) is 24.3 Å². The molecule has 0 amide bonds. The van der Waals surface area contributed by atoms with Gasteiger partial charge in [-0.15, -0.1) is 0 Å². The van der Waals surface area contributed by atoms with Crippen LogP contribution in [-0.4, -0.2) is 19.9 Å². The zero-order valence-corrected chi connectivity index (χ0v) is 10.4. The first kappa shape index (κ1) is 10.9. The summed E-state index contributed by atoms with van der Waals surface area (Å²) in [7, 11) is 0. The zero-order chi connectivity index (χ0) is 13.5. The van der Waals surface area contributed by atoms with Crippen molar-refractivity contribution < 1.29 is 0 Å². The summed E-state index contributed by atoms with van der Waals surface area (Å²) in [5, 5.41) is 2.10. The maximum absolute atomic E-state index is 11.1. The molecule has 4 aromatic rings. The second-order valence-corrected chi connectivity index (χ2v) is 4.58. The number of aromatic nitrogens is 4. The highest BCUT2D eigenvalue weighted by molar-refractivity contribution is 6.05. The number of hydrogen-bond donors (Lipinski definition) is 2. The Morgan fingerprint density at radius 3 is 2.80 bits per heavy atom. The molecule has 0 saturated heterocycles. The Hall–Kier alpha value is -2.95. The fourth-order valence-corrected chi connectivity index (χ4v) is 2.35. The molecule has 0 radical (unpaired) electrons. The van der Waals surface area contributed by atoms with E-state index in [1.165, 1.54) is 6.07 Å². The number of H-pyrrole nitrogens is 2. The van der Waals surface area contributed by atoms with Gasteiger partial charge in [-0.25, -0.2) is 4.98 Å². The van der Waals surface area contributed by atoms with Crippen LogP contribution in [0, 0.1) is 0 Å². The average Bonchev–Trinajstić information content (AvgIpc) is 2.85. The summed E-state index contributed by atoms with van der Waals surface area (Å²) < 4.78 is 0. The Morgan fingerprint density at radius 2 is 1.95 bits per heavy atom. The van der Waals surface area contributed by atoms with Crippen LogP contribution in [0.3, 0.4) is 0 Å². The number of pyridine rings is 3. The minimum Gasteiger partial charge on any atom is -0.339 e. The molecule has 0 aliphatic carbocycles. The van der Waals surface area contributed by atoms with Gasteiger partial charge in [0.05, 0.1) is 11.2 Å². The molecule has 20 heavy (non-hydrogen) atoms. The average molecular weight is 262 g/mol. The highest BCUT2D eigenvalue weighted by Gasteiger charge is 2.07. The predicted molar refractivity (Wildman–Crippen MR) is 77.5 cm³/mol. The monoisotopic (exact) mass is 262 g/mol. The van der Waals surface area contributed by atoms with Crippen molar-refractivity contribution in [3.8, 4) is 11.3 Å². The fourth-order valence-electron chi connectivity index (χ4n) is 2.35. The Balaban J connectivity index is 1.96. The molecule has 4 rings (SSSR count). The minimum absolute atomic E-state index is 0.119. The second kappa shape index (κ2) is 4.03.